The third-order valence-electron chi connectivity index (χ3n) is 2.21. The van der Waals surface area contributed by atoms with Gasteiger partial charge in [-0.05, 0) is 30.8 Å². The summed E-state index contributed by atoms with van der Waals surface area (Å²) in [7, 11) is 0. The van der Waals surface area contributed by atoms with Crippen LogP contribution in [0.1, 0.15) is 13.8 Å². The molecule has 0 aliphatic carbocycles. The Morgan fingerprint density at radius 3 is 2.87 bits per heavy atom. The summed E-state index contributed by atoms with van der Waals surface area (Å²) in [4.78, 5) is 0. The minimum absolute atomic E-state index is 0.815. The molecule has 1 aromatic heterocycles. The number of aromatic nitrogens is 1. The van der Waals surface area contributed by atoms with Crippen molar-refractivity contribution in [3.8, 4) is 0 Å². The quantitative estimate of drug-likeness (QED) is 0.595. The predicted octanol–water partition coefficient (Wildman–Crippen LogP) is 3.97. The highest BCUT2D eigenvalue weighted by Crippen LogP contribution is 2.29. The Morgan fingerprint density at radius 1 is 1.40 bits per heavy atom. The lowest BCUT2D eigenvalue weighted by Crippen LogP contribution is -2.32. The molecule has 0 N–H and O–H groups in total. The Labute approximate surface area is 103 Å². The smallest absolute Gasteiger partial charge is 0.177 e. The molecule has 0 saturated carbocycles. The summed E-state index contributed by atoms with van der Waals surface area (Å²) in [6.07, 6.45) is 0. The van der Waals surface area contributed by atoms with Crippen molar-refractivity contribution < 1.29 is 4.57 Å². The van der Waals surface area contributed by atoms with Gasteiger partial charge in [-0.15, -0.1) is 0 Å². The van der Waals surface area contributed by atoms with Crippen LogP contribution >= 0.6 is 34.7 Å². The molecule has 0 amide bonds. The van der Waals surface area contributed by atoms with Gasteiger partial charge in [-0.3, -0.25) is 0 Å². The summed E-state index contributed by atoms with van der Waals surface area (Å²) < 4.78 is 5.02. The van der Waals surface area contributed by atoms with Crippen LogP contribution < -0.4 is 4.57 Å². The predicted molar refractivity (Wildman–Crippen MR) is 69.1 cm³/mol. The van der Waals surface area contributed by atoms with Crippen molar-refractivity contribution >= 4 is 44.9 Å². The Hall–Kier alpha value is -0.250. The SMILES string of the molecule is CCSc1sc2ccc(Cl)cc2[n+]1CC. The number of hydrogen-bond acceptors (Lipinski definition) is 2. The first-order valence-electron chi connectivity index (χ1n) is 5.01. The first kappa shape index (κ1) is 11.2. The van der Waals surface area contributed by atoms with Gasteiger partial charge in [-0.1, -0.05) is 29.9 Å². The Balaban J connectivity index is 2.63. The van der Waals surface area contributed by atoms with Gasteiger partial charge in [-0.25, -0.2) is 0 Å². The summed E-state index contributed by atoms with van der Waals surface area (Å²) in [6, 6.07) is 6.12. The van der Waals surface area contributed by atoms with Gasteiger partial charge in [0.25, 0.3) is 4.34 Å². The number of halogens is 1. The Kier molecular flexibility index (Phi) is 3.54. The van der Waals surface area contributed by atoms with Crippen LogP contribution in [0.3, 0.4) is 0 Å². The third-order valence-corrected chi connectivity index (χ3v) is 4.77. The number of aryl methyl sites for hydroxylation is 1. The third kappa shape index (κ3) is 2.14. The maximum Gasteiger partial charge on any atom is 0.298 e. The summed E-state index contributed by atoms with van der Waals surface area (Å²) in [6.45, 7) is 5.36. The Morgan fingerprint density at radius 2 is 2.20 bits per heavy atom. The summed E-state index contributed by atoms with van der Waals surface area (Å²) >= 11 is 9.76. The second-order valence-electron chi connectivity index (χ2n) is 3.16. The molecular formula is C11H13ClNS2+. The van der Waals surface area contributed by atoms with E-state index < -0.39 is 0 Å². The highest BCUT2D eigenvalue weighted by Gasteiger charge is 2.18. The van der Waals surface area contributed by atoms with Gasteiger partial charge in [0.2, 0.25) is 5.52 Å². The van der Waals surface area contributed by atoms with Crippen molar-refractivity contribution in [1.82, 2.24) is 0 Å². The van der Waals surface area contributed by atoms with Crippen LogP contribution in [0.5, 0.6) is 0 Å². The monoisotopic (exact) mass is 258 g/mol. The topological polar surface area (TPSA) is 3.88 Å². The van der Waals surface area contributed by atoms with E-state index in [0.717, 1.165) is 17.3 Å². The zero-order valence-electron chi connectivity index (χ0n) is 8.79. The number of rotatable bonds is 3. The zero-order chi connectivity index (χ0) is 10.8. The van der Waals surface area contributed by atoms with Crippen LogP contribution in [0.4, 0.5) is 0 Å². The van der Waals surface area contributed by atoms with E-state index in [1.807, 2.05) is 29.2 Å². The van der Waals surface area contributed by atoms with Crippen LogP contribution in [-0.2, 0) is 6.54 Å². The second kappa shape index (κ2) is 4.73. The van der Waals surface area contributed by atoms with E-state index in [1.165, 1.54) is 14.6 Å². The number of nitrogens with zero attached hydrogens (tertiary/aromatic N) is 1. The molecule has 80 valence electrons. The molecule has 0 fully saturated rings. The average Bonchev–Trinajstić information content (AvgIpc) is 2.55. The van der Waals surface area contributed by atoms with Crippen molar-refractivity contribution in [1.29, 1.82) is 0 Å². The van der Waals surface area contributed by atoms with E-state index in [-0.39, 0.29) is 0 Å². The minimum atomic E-state index is 0.815. The second-order valence-corrected chi connectivity index (χ2v) is 6.14. The molecule has 2 aromatic rings. The molecule has 0 saturated heterocycles. The fourth-order valence-electron chi connectivity index (χ4n) is 1.57. The van der Waals surface area contributed by atoms with Gasteiger partial charge < -0.3 is 0 Å². The summed E-state index contributed by atoms with van der Waals surface area (Å²) in [5, 5.41) is 0.815. The Bertz CT molecular complexity index is 479. The van der Waals surface area contributed by atoms with E-state index in [4.69, 9.17) is 11.6 Å². The van der Waals surface area contributed by atoms with Crippen LogP contribution in [0.2, 0.25) is 5.02 Å². The fourth-order valence-corrected chi connectivity index (χ4v) is 4.16. The van der Waals surface area contributed by atoms with Crippen molar-refractivity contribution in [2.24, 2.45) is 0 Å². The molecule has 0 aliphatic heterocycles. The summed E-state index contributed by atoms with van der Waals surface area (Å²) in [5.74, 6) is 1.11. The highest BCUT2D eigenvalue weighted by molar-refractivity contribution is 8.00. The van der Waals surface area contributed by atoms with Crippen LogP contribution in [-0.4, -0.2) is 5.75 Å². The molecule has 1 heterocycles. The molecule has 1 aromatic carbocycles. The highest BCUT2D eigenvalue weighted by atomic mass is 35.5. The molecule has 0 bridgehead atoms. The van der Waals surface area contributed by atoms with Gasteiger partial charge in [0.15, 0.2) is 0 Å². The van der Waals surface area contributed by atoms with Crippen molar-refractivity contribution in [3.05, 3.63) is 23.2 Å². The molecule has 0 unspecified atom stereocenters. The van der Waals surface area contributed by atoms with Gasteiger partial charge in [-0.2, -0.15) is 4.57 Å². The first-order chi connectivity index (χ1) is 7.26. The van der Waals surface area contributed by atoms with Gasteiger partial charge in [0, 0.05) is 16.8 Å². The van der Waals surface area contributed by atoms with E-state index in [1.54, 1.807) is 0 Å². The molecule has 1 nitrogen and oxygen atoms in total. The number of fused-ring (bicyclic) bond motifs is 1. The number of benzene rings is 1. The maximum absolute atomic E-state index is 6.02. The van der Waals surface area contributed by atoms with E-state index in [2.05, 4.69) is 30.5 Å². The number of hydrogen-bond donors (Lipinski definition) is 0. The first-order valence-corrected chi connectivity index (χ1v) is 7.19. The lowest BCUT2D eigenvalue weighted by molar-refractivity contribution is -0.698. The lowest BCUT2D eigenvalue weighted by atomic mass is 10.3. The zero-order valence-corrected chi connectivity index (χ0v) is 11.2. The van der Waals surface area contributed by atoms with Gasteiger partial charge in [0.05, 0.1) is 0 Å². The van der Waals surface area contributed by atoms with Gasteiger partial charge in [0.1, 0.15) is 11.2 Å². The number of thiazole rings is 1. The molecule has 0 atom stereocenters. The molecular weight excluding hydrogens is 246 g/mol. The van der Waals surface area contributed by atoms with E-state index in [9.17, 15) is 0 Å². The van der Waals surface area contributed by atoms with Crippen molar-refractivity contribution in [2.45, 2.75) is 24.7 Å². The molecule has 0 aliphatic rings. The molecule has 4 heteroatoms. The fraction of sp³-hybridized carbons (Fsp3) is 0.364. The lowest BCUT2D eigenvalue weighted by Gasteiger charge is -1.93. The minimum Gasteiger partial charge on any atom is -0.177 e. The molecule has 0 radical (unpaired) electrons. The van der Waals surface area contributed by atoms with Crippen molar-refractivity contribution in [2.75, 3.05) is 5.75 Å². The average molecular weight is 259 g/mol. The standard InChI is InChI=1S/C11H13ClNS2/c1-3-13-9-7-8(12)5-6-10(9)15-11(13)14-4-2/h5-7H,3-4H2,1-2H3/q+1. The van der Waals surface area contributed by atoms with Crippen LogP contribution in [0.15, 0.2) is 22.5 Å². The molecule has 2 rings (SSSR count). The van der Waals surface area contributed by atoms with Crippen LogP contribution in [0, 0.1) is 0 Å². The summed E-state index contributed by atoms with van der Waals surface area (Å²) in [5.41, 5.74) is 1.26. The number of thioether (sulfide) groups is 1. The van der Waals surface area contributed by atoms with E-state index in [0.29, 0.717) is 0 Å². The van der Waals surface area contributed by atoms with Crippen LogP contribution in [0.25, 0.3) is 10.2 Å². The maximum atomic E-state index is 6.02. The van der Waals surface area contributed by atoms with Crippen molar-refractivity contribution in [3.63, 3.8) is 0 Å². The molecule has 15 heavy (non-hydrogen) atoms. The largest absolute Gasteiger partial charge is 0.298 e. The van der Waals surface area contributed by atoms with E-state index >= 15 is 0 Å². The van der Waals surface area contributed by atoms with Gasteiger partial charge >= 0.3 is 0 Å². The normalized spacial score (nSPS) is 11.1. The molecule has 0 spiro atoms.